The van der Waals surface area contributed by atoms with Gasteiger partial charge in [-0.15, -0.1) is 0 Å². The predicted molar refractivity (Wildman–Crippen MR) is 79.2 cm³/mol. The SMILES string of the molecule is CCNC(=NCCCCOCC)NCCC(C)C. The Hall–Kier alpha value is -0.770. The Bertz CT molecular complexity index is 205. The van der Waals surface area contributed by atoms with Gasteiger partial charge in [-0.1, -0.05) is 13.8 Å². The molecule has 0 fully saturated rings. The highest BCUT2D eigenvalue weighted by atomic mass is 16.5. The quantitative estimate of drug-likeness (QED) is 0.359. The molecule has 108 valence electrons. The molecule has 2 N–H and O–H groups in total. The number of ether oxygens (including phenoxy) is 1. The van der Waals surface area contributed by atoms with E-state index in [1.807, 2.05) is 6.92 Å². The number of guanidine groups is 1. The first-order valence-electron chi connectivity index (χ1n) is 7.30. The molecule has 18 heavy (non-hydrogen) atoms. The van der Waals surface area contributed by atoms with Gasteiger partial charge >= 0.3 is 0 Å². The molecule has 0 radical (unpaired) electrons. The average molecular weight is 257 g/mol. The highest BCUT2D eigenvalue weighted by molar-refractivity contribution is 5.79. The van der Waals surface area contributed by atoms with Crippen LogP contribution in [0.2, 0.25) is 0 Å². The van der Waals surface area contributed by atoms with E-state index >= 15 is 0 Å². The molecular formula is C14H31N3O. The molecule has 0 aliphatic heterocycles. The molecule has 0 saturated heterocycles. The van der Waals surface area contributed by atoms with Crippen molar-refractivity contribution in [3.8, 4) is 0 Å². The van der Waals surface area contributed by atoms with Crippen molar-refractivity contribution in [1.82, 2.24) is 10.6 Å². The van der Waals surface area contributed by atoms with Gasteiger partial charge in [0.15, 0.2) is 5.96 Å². The van der Waals surface area contributed by atoms with Crippen LogP contribution in [0.5, 0.6) is 0 Å². The first kappa shape index (κ1) is 17.2. The Balaban J connectivity index is 3.71. The summed E-state index contributed by atoms with van der Waals surface area (Å²) in [6.45, 7) is 13.0. The minimum Gasteiger partial charge on any atom is -0.382 e. The molecule has 0 aromatic heterocycles. The Morgan fingerprint density at radius 1 is 1.17 bits per heavy atom. The molecular weight excluding hydrogens is 226 g/mol. The van der Waals surface area contributed by atoms with E-state index in [0.29, 0.717) is 0 Å². The lowest BCUT2D eigenvalue weighted by Gasteiger charge is -2.12. The summed E-state index contributed by atoms with van der Waals surface area (Å²) in [4.78, 5) is 4.55. The summed E-state index contributed by atoms with van der Waals surface area (Å²) in [6.07, 6.45) is 3.35. The second-order valence-corrected chi connectivity index (χ2v) is 4.77. The van der Waals surface area contributed by atoms with Crippen LogP contribution >= 0.6 is 0 Å². The number of hydrogen-bond donors (Lipinski definition) is 2. The fourth-order valence-electron chi connectivity index (χ4n) is 1.47. The Morgan fingerprint density at radius 3 is 2.56 bits per heavy atom. The van der Waals surface area contributed by atoms with Crippen LogP contribution in [0.25, 0.3) is 0 Å². The molecule has 0 atom stereocenters. The van der Waals surface area contributed by atoms with E-state index < -0.39 is 0 Å². The number of nitrogens with one attached hydrogen (secondary N) is 2. The molecule has 0 amide bonds. The van der Waals surface area contributed by atoms with Crippen LogP contribution < -0.4 is 10.6 Å². The van der Waals surface area contributed by atoms with Crippen molar-refractivity contribution in [1.29, 1.82) is 0 Å². The molecule has 0 aromatic rings. The standard InChI is InChI=1S/C14H31N3O/c1-5-15-14(17-11-9-13(3)4)16-10-7-8-12-18-6-2/h13H,5-12H2,1-4H3,(H2,15,16,17). The van der Waals surface area contributed by atoms with Gasteiger partial charge in [-0.2, -0.15) is 0 Å². The van der Waals surface area contributed by atoms with E-state index in [-0.39, 0.29) is 0 Å². The lowest BCUT2D eigenvalue weighted by Crippen LogP contribution is -2.38. The minimum absolute atomic E-state index is 0.728. The maximum atomic E-state index is 5.30. The van der Waals surface area contributed by atoms with Gasteiger partial charge in [-0.25, -0.2) is 0 Å². The van der Waals surface area contributed by atoms with Crippen molar-refractivity contribution in [3.05, 3.63) is 0 Å². The summed E-state index contributed by atoms with van der Waals surface area (Å²) in [5.41, 5.74) is 0. The van der Waals surface area contributed by atoms with Crippen molar-refractivity contribution in [2.75, 3.05) is 32.8 Å². The van der Waals surface area contributed by atoms with Gasteiger partial charge in [0.05, 0.1) is 0 Å². The van der Waals surface area contributed by atoms with Gasteiger partial charge in [0.1, 0.15) is 0 Å². The third kappa shape index (κ3) is 11.7. The monoisotopic (exact) mass is 257 g/mol. The van der Waals surface area contributed by atoms with Gasteiger partial charge in [-0.3, -0.25) is 4.99 Å². The summed E-state index contributed by atoms with van der Waals surface area (Å²) < 4.78 is 5.30. The maximum absolute atomic E-state index is 5.30. The van der Waals surface area contributed by atoms with Crippen molar-refractivity contribution >= 4 is 5.96 Å². The molecule has 4 nitrogen and oxygen atoms in total. The van der Waals surface area contributed by atoms with E-state index in [0.717, 1.165) is 57.6 Å². The van der Waals surface area contributed by atoms with Crippen LogP contribution in [0.1, 0.15) is 47.0 Å². The van der Waals surface area contributed by atoms with Gasteiger partial charge < -0.3 is 15.4 Å². The normalized spacial score (nSPS) is 11.9. The van der Waals surface area contributed by atoms with Crippen LogP contribution in [-0.4, -0.2) is 38.8 Å². The molecule has 0 heterocycles. The van der Waals surface area contributed by atoms with Crippen LogP contribution in [0.3, 0.4) is 0 Å². The average Bonchev–Trinajstić information content (AvgIpc) is 2.33. The first-order valence-corrected chi connectivity index (χ1v) is 7.30. The molecule has 0 unspecified atom stereocenters. The van der Waals surface area contributed by atoms with Crippen LogP contribution in [0, 0.1) is 5.92 Å². The first-order chi connectivity index (χ1) is 8.70. The summed E-state index contributed by atoms with van der Waals surface area (Å²) >= 11 is 0. The molecule has 0 saturated carbocycles. The zero-order valence-electron chi connectivity index (χ0n) is 12.6. The van der Waals surface area contributed by atoms with Crippen LogP contribution in [-0.2, 0) is 4.74 Å². The summed E-state index contributed by atoms with van der Waals surface area (Å²) in [5, 5.41) is 6.63. The van der Waals surface area contributed by atoms with E-state index in [1.54, 1.807) is 0 Å². The maximum Gasteiger partial charge on any atom is 0.191 e. The lowest BCUT2D eigenvalue weighted by molar-refractivity contribution is 0.144. The number of hydrogen-bond acceptors (Lipinski definition) is 2. The fourth-order valence-corrected chi connectivity index (χ4v) is 1.47. The smallest absolute Gasteiger partial charge is 0.191 e. The number of aliphatic imine (C=N–C) groups is 1. The molecule has 0 aliphatic carbocycles. The van der Waals surface area contributed by atoms with Gasteiger partial charge in [0.25, 0.3) is 0 Å². The predicted octanol–water partition coefficient (Wildman–Crippen LogP) is 2.40. The highest BCUT2D eigenvalue weighted by Gasteiger charge is 1.98. The van der Waals surface area contributed by atoms with E-state index in [1.165, 1.54) is 6.42 Å². The molecule has 0 aliphatic rings. The van der Waals surface area contributed by atoms with Gasteiger partial charge in [0.2, 0.25) is 0 Å². The molecule has 0 rings (SSSR count). The van der Waals surface area contributed by atoms with E-state index in [4.69, 9.17) is 4.74 Å². The topological polar surface area (TPSA) is 45.7 Å². The largest absolute Gasteiger partial charge is 0.382 e. The zero-order valence-corrected chi connectivity index (χ0v) is 12.6. The third-order valence-corrected chi connectivity index (χ3v) is 2.53. The molecule has 0 spiro atoms. The lowest BCUT2D eigenvalue weighted by atomic mass is 10.1. The Labute approximate surface area is 113 Å². The fraction of sp³-hybridized carbons (Fsp3) is 0.929. The van der Waals surface area contributed by atoms with Crippen LogP contribution in [0.4, 0.5) is 0 Å². The van der Waals surface area contributed by atoms with Crippen molar-refractivity contribution < 1.29 is 4.74 Å². The second-order valence-electron chi connectivity index (χ2n) is 4.77. The van der Waals surface area contributed by atoms with Crippen molar-refractivity contribution in [2.45, 2.75) is 47.0 Å². The summed E-state index contributed by atoms with van der Waals surface area (Å²) in [6, 6.07) is 0. The van der Waals surface area contributed by atoms with Crippen LogP contribution in [0.15, 0.2) is 4.99 Å². The van der Waals surface area contributed by atoms with Crippen molar-refractivity contribution in [2.24, 2.45) is 10.9 Å². The second kappa shape index (κ2) is 12.7. The Kier molecular flexibility index (Phi) is 12.1. The third-order valence-electron chi connectivity index (χ3n) is 2.53. The summed E-state index contributed by atoms with van der Waals surface area (Å²) in [5.74, 6) is 1.67. The number of rotatable bonds is 10. The van der Waals surface area contributed by atoms with Crippen molar-refractivity contribution in [3.63, 3.8) is 0 Å². The van der Waals surface area contributed by atoms with Gasteiger partial charge in [-0.05, 0) is 39.0 Å². The number of nitrogens with zero attached hydrogens (tertiary/aromatic N) is 1. The van der Waals surface area contributed by atoms with Gasteiger partial charge in [0, 0.05) is 32.8 Å². The zero-order chi connectivity index (χ0) is 13.6. The molecule has 0 bridgehead atoms. The minimum atomic E-state index is 0.728. The van der Waals surface area contributed by atoms with E-state index in [2.05, 4.69) is 36.4 Å². The number of unbranched alkanes of at least 4 members (excludes halogenated alkanes) is 1. The summed E-state index contributed by atoms with van der Waals surface area (Å²) in [7, 11) is 0. The molecule has 0 aromatic carbocycles. The Morgan fingerprint density at radius 2 is 1.94 bits per heavy atom. The van der Waals surface area contributed by atoms with E-state index in [9.17, 15) is 0 Å². The molecule has 4 heteroatoms. The highest BCUT2D eigenvalue weighted by Crippen LogP contribution is 1.96.